The standard InChI is InChI=1S/C28H30BrFN2O3/c1-3-20(2)31-28(34)26(17-21-7-5-4-6-8-21)32(18-22-9-11-23(29)12-10-22)27(33)19-35-25-15-13-24(30)14-16-25/h4-16,20,26H,3,17-19H2,1-2H3,(H,31,34). The molecule has 3 aromatic carbocycles. The van der Waals surface area contributed by atoms with Gasteiger partial charge in [0.1, 0.15) is 17.6 Å². The maximum atomic E-state index is 13.5. The van der Waals surface area contributed by atoms with Crippen LogP contribution in [0.4, 0.5) is 4.39 Å². The fraction of sp³-hybridized carbons (Fsp3) is 0.286. The SMILES string of the molecule is CCC(C)NC(=O)C(Cc1ccccc1)N(Cc1ccc(Br)cc1)C(=O)COc1ccc(F)cc1. The molecule has 0 saturated heterocycles. The van der Waals surface area contributed by atoms with Crippen molar-refractivity contribution >= 4 is 27.7 Å². The highest BCUT2D eigenvalue weighted by Gasteiger charge is 2.31. The van der Waals surface area contributed by atoms with Crippen LogP contribution in [0.25, 0.3) is 0 Å². The second-order valence-corrected chi connectivity index (χ2v) is 9.33. The lowest BCUT2D eigenvalue weighted by molar-refractivity contribution is -0.143. The molecule has 2 atom stereocenters. The number of hydrogen-bond donors (Lipinski definition) is 1. The topological polar surface area (TPSA) is 58.6 Å². The molecule has 0 aliphatic rings. The largest absolute Gasteiger partial charge is 0.484 e. The van der Waals surface area contributed by atoms with E-state index in [1.165, 1.54) is 24.3 Å². The molecule has 0 saturated carbocycles. The Kier molecular flexibility index (Phi) is 9.85. The number of rotatable bonds is 11. The first-order valence-corrected chi connectivity index (χ1v) is 12.4. The summed E-state index contributed by atoms with van der Waals surface area (Å²) in [5.41, 5.74) is 1.84. The molecule has 0 bridgehead atoms. The first-order chi connectivity index (χ1) is 16.9. The van der Waals surface area contributed by atoms with Gasteiger partial charge in [0.15, 0.2) is 6.61 Å². The molecule has 0 aliphatic carbocycles. The van der Waals surface area contributed by atoms with Gasteiger partial charge in [0.25, 0.3) is 5.91 Å². The van der Waals surface area contributed by atoms with Gasteiger partial charge in [0.2, 0.25) is 5.91 Å². The van der Waals surface area contributed by atoms with Crippen LogP contribution in [0.2, 0.25) is 0 Å². The van der Waals surface area contributed by atoms with Gasteiger partial charge < -0.3 is 15.0 Å². The average Bonchev–Trinajstić information content (AvgIpc) is 2.87. The fourth-order valence-corrected chi connectivity index (χ4v) is 3.80. The molecule has 0 radical (unpaired) electrons. The van der Waals surface area contributed by atoms with Crippen molar-refractivity contribution in [2.24, 2.45) is 0 Å². The predicted molar refractivity (Wildman–Crippen MR) is 138 cm³/mol. The third-order valence-electron chi connectivity index (χ3n) is 5.71. The van der Waals surface area contributed by atoms with Crippen molar-refractivity contribution < 1.29 is 18.7 Å². The van der Waals surface area contributed by atoms with Crippen LogP contribution in [0.3, 0.4) is 0 Å². The molecule has 3 aromatic rings. The summed E-state index contributed by atoms with van der Waals surface area (Å²) in [6.07, 6.45) is 1.14. The molecule has 0 heterocycles. The van der Waals surface area contributed by atoms with Crippen LogP contribution in [0.15, 0.2) is 83.3 Å². The molecule has 7 heteroatoms. The van der Waals surface area contributed by atoms with E-state index >= 15 is 0 Å². The van der Waals surface area contributed by atoms with E-state index in [-0.39, 0.29) is 36.8 Å². The van der Waals surface area contributed by atoms with Crippen molar-refractivity contribution in [2.75, 3.05) is 6.61 Å². The Labute approximate surface area is 214 Å². The Balaban J connectivity index is 1.89. The Morgan fingerprint density at radius 2 is 1.63 bits per heavy atom. The lowest BCUT2D eigenvalue weighted by atomic mass is 10.0. The van der Waals surface area contributed by atoms with Crippen LogP contribution in [-0.2, 0) is 22.6 Å². The zero-order chi connectivity index (χ0) is 25.2. The monoisotopic (exact) mass is 540 g/mol. The van der Waals surface area contributed by atoms with Crippen molar-refractivity contribution in [3.05, 3.63) is 100 Å². The number of carbonyl (C=O) groups excluding carboxylic acids is 2. The van der Waals surface area contributed by atoms with Crippen LogP contribution in [0.1, 0.15) is 31.4 Å². The van der Waals surface area contributed by atoms with Gasteiger partial charge in [-0.2, -0.15) is 0 Å². The molecular weight excluding hydrogens is 511 g/mol. The summed E-state index contributed by atoms with van der Waals surface area (Å²) in [6, 6.07) is 22.0. The number of nitrogens with zero attached hydrogens (tertiary/aromatic N) is 1. The van der Waals surface area contributed by atoms with Crippen molar-refractivity contribution in [1.29, 1.82) is 0 Å². The first-order valence-electron chi connectivity index (χ1n) is 11.6. The molecule has 5 nitrogen and oxygen atoms in total. The molecule has 2 unspecified atom stereocenters. The molecule has 0 fully saturated rings. The number of halogens is 2. The van der Waals surface area contributed by atoms with E-state index < -0.39 is 6.04 Å². The van der Waals surface area contributed by atoms with Crippen LogP contribution in [0, 0.1) is 5.82 Å². The third-order valence-corrected chi connectivity index (χ3v) is 6.24. The average molecular weight is 541 g/mol. The summed E-state index contributed by atoms with van der Waals surface area (Å²) in [5.74, 6) is -0.551. The van der Waals surface area contributed by atoms with Gasteiger partial charge in [0.05, 0.1) is 0 Å². The Hall–Kier alpha value is -3.19. The third kappa shape index (κ3) is 8.21. The summed E-state index contributed by atoms with van der Waals surface area (Å²) in [5, 5.41) is 3.04. The Morgan fingerprint density at radius 3 is 2.26 bits per heavy atom. The summed E-state index contributed by atoms with van der Waals surface area (Å²) >= 11 is 3.44. The zero-order valence-electron chi connectivity index (χ0n) is 19.9. The predicted octanol–water partition coefficient (Wildman–Crippen LogP) is 5.52. The second-order valence-electron chi connectivity index (χ2n) is 8.41. The minimum Gasteiger partial charge on any atom is -0.484 e. The number of carbonyl (C=O) groups is 2. The number of amides is 2. The molecule has 3 rings (SSSR count). The molecule has 2 amide bonds. The van der Waals surface area contributed by atoms with E-state index in [1.807, 2.05) is 68.4 Å². The molecule has 0 spiro atoms. The first kappa shape index (κ1) is 26.4. The smallest absolute Gasteiger partial charge is 0.261 e. The maximum Gasteiger partial charge on any atom is 0.261 e. The van der Waals surface area contributed by atoms with E-state index in [9.17, 15) is 14.0 Å². The van der Waals surface area contributed by atoms with Crippen molar-refractivity contribution in [1.82, 2.24) is 10.2 Å². The van der Waals surface area contributed by atoms with Crippen molar-refractivity contribution in [3.63, 3.8) is 0 Å². The van der Waals surface area contributed by atoms with Gasteiger partial charge in [-0.25, -0.2) is 4.39 Å². The minimum atomic E-state index is -0.737. The van der Waals surface area contributed by atoms with Gasteiger partial charge in [-0.3, -0.25) is 9.59 Å². The van der Waals surface area contributed by atoms with E-state index in [0.29, 0.717) is 12.2 Å². The normalized spacial score (nSPS) is 12.5. The molecule has 1 N–H and O–H groups in total. The van der Waals surface area contributed by atoms with Crippen LogP contribution in [0.5, 0.6) is 5.75 Å². The van der Waals surface area contributed by atoms with Crippen LogP contribution >= 0.6 is 15.9 Å². The molecule has 0 aromatic heterocycles. The van der Waals surface area contributed by atoms with E-state index in [0.717, 1.165) is 22.0 Å². The number of benzene rings is 3. The van der Waals surface area contributed by atoms with Gasteiger partial charge in [-0.15, -0.1) is 0 Å². The maximum absolute atomic E-state index is 13.5. The van der Waals surface area contributed by atoms with Gasteiger partial charge in [0, 0.05) is 23.5 Å². The van der Waals surface area contributed by atoms with Crippen molar-refractivity contribution in [3.8, 4) is 5.75 Å². The molecule has 0 aliphatic heterocycles. The number of hydrogen-bond acceptors (Lipinski definition) is 3. The highest BCUT2D eigenvalue weighted by Crippen LogP contribution is 2.18. The highest BCUT2D eigenvalue weighted by atomic mass is 79.9. The molecular formula is C28H30BrFN2O3. The van der Waals surface area contributed by atoms with Gasteiger partial charge >= 0.3 is 0 Å². The second kappa shape index (κ2) is 13.0. The lowest BCUT2D eigenvalue weighted by Gasteiger charge is -2.32. The summed E-state index contributed by atoms with van der Waals surface area (Å²) in [7, 11) is 0. The zero-order valence-corrected chi connectivity index (χ0v) is 21.5. The Morgan fingerprint density at radius 1 is 0.971 bits per heavy atom. The van der Waals surface area contributed by atoms with Crippen LogP contribution in [-0.4, -0.2) is 35.4 Å². The minimum absolute atomic E-state index is 0.0270. The van der Waals surface area contributed by atoms with Crippen LogP contribution < -0.4 is 10.1 Å². The Bertz CT molecular complexity index is 1090. The lowest BCUT2D eigenvalue weighted by Crippen LogP contribution is -2.53. The highest BCUT2D eigenvalue weighted by molar-refractivity contribution is 9.10. The van der Waals surface area contributed by atoms with Gasteiger partial charge in [-0.1, -0.05) is 65.3 Å². The van der Waals surface area contributed by atoms with E-state index in [2.05, 4.69) is 21.2 Å². The molecule has 35 heavy (non-hydrogen) atoms. The van der Waals surface area contributed by atoms with Gasteiger partial charge in [-0.05, 0) is 60.9 Å². The number of nitrogens with one attached hydrogen (secondary N) is 1. The molecule has 184 valence electrons. The quantitative estimate of drug-likeness (QED) is 0.348. The summed E-state index contributed by atoms with van der Waals surface area (Å²) in [6.45, 7) is 3.91. The van der Waals surface area contributed by atoms with E-state index in [4.69, 9.17) is 4.74 Å². The van der Waals surface area contributed by atoms with E-state index in [1.54, 1.807) is 4.90 Å². The van der Waals surface area contributed by atoms with Crippen molar-refractivity contribution in [2.45, 2.75) is 45.3 Å². The summed E-state index contributed by atoms with van der Waals surface area (Å²) in [4.78, 5) is 28.5. The fourth-order valence-electron chi connectivity index (χ4n) is 3.54. The summed E-state index contributed by atoms with van der Waals surface area (Å²) < 4.78 is 19.8. The number of ether oxygens (including phenoxy) is 1.